The summed E-state index contributed by atoms with van der Waals surface area (Å²) in [6, 6.07) is 0. The fourth-order valence-corrected chi connectivity index (χ4v) is 1.44. The van der Waals surface area contributed by atoms with Crippen molar-refractivity contribution in [2.24, 2.45) is 0 Å². The smallest absolute Gasteiger partial charge is 0.372 e. The molecule has 0 aliphatic heterocycles. The van der Waals surface area contributed by atoms with E-state index in [4.69, 9.17) is 0 Å². The molecule has 0 aliphatic carbocycles. The average molecular weight is 347 g/mol. The molecule has 0 amide bonds. The predicted molar refractivity (Wildman–Crippen MR) is 60.0 cm³/mol. The van der Waals surface area contributed by atoms with Gasteiger partial charge in [0.1, 0.15) is 19.0 Å². The highest BCUT2D eigenvalue weighted by atomic mass is 127. The lowest BCUT2D eigenvalue weighted by atomic mass is 10.5. The number of halogens is 4. The maximum absolute atomic E-state index is 11.8. The van der Waals surface area contributed by atoms with Crippen molar-refractivity contribution < 1.29 is 17.9 Å². The Morgan fingerprint density at radius 3 is 2.75 bits per heavy atom. The van der Waals surface area contributed by atoms with Crippen LogP contribution in [0.4, 0.5) is 19.0 Å². The second-order valence-corrected chi connectivity index (χ2v) is 4.00. The van der Waals surface area contributed by atoms with Gasteiger partial charge in [0.05, 0.1) is 3.57 Å². The van der Waals surface area contributed by atoms with Crippen LogP contribution < -0.4 is 5.32 Å². The van der Waals surface area contributed by atoms with Crippen molar-refractivity contribution >= 4 is 28.4 Å². The van der Waals surface area contributed by atoms with Gasteiger partial charge in [-0.25, -0.2) is 9.97 Å². The first-order valence-corrected chi connectivity index (χ1v) is 5.34. The molecule has 0 unspecified atom stereocenters. The first kappa shape index (κ1) is 13.4. The van der Waals surface area contributed by atoms with Crippen LogP contribution in [0, 0.1) is 3.57 Å². The topological polar surface area (TPSA) is 47.0 Å². The molecular weight excluding hydrogens is 338 g/mol. The number of aromatic nitrogens is 2. The summed E-state index contributed by atoms with van der Waals surface area (Å²) in [7, 11) is 1.67. The monoisotopic (exact) mass is 347 g/mol. The Morgan fingerprint density at radius 1 is 1.50 bits per heavy atom. The maximum Gasteiger partial charge on any atom is 0.411 e. The number of rotatable bonds is 4. The molecule has 1 N–H and O–H groups in total. The van der Waals surface area contributed by atoms with E-state index in [9.17, 15) is 13.2 Å². The lowest BCUT2D eigenvalue weighted by Crippen LogP contribution is -2.17. The lowest BCUT2D eigenvalue weighted by Gasteiger charge is -2.08. The van der Waals surface area contributed by atoms with Crippen molar-refractivity contribution in [1.29, 1.82) is 0 Å². The Morgan fingerprint density at radius 2 is 2.19 bits per heavy atom. The van der Waals surface area contributed by atoms with Crippen LogP contribution in [0.2, 0.25) is 0 Å². The number of nitrogens with one attached hydrogen (secondary N) is 1. The molecule has 0 saturated carbocycles. The van der Waals surface area contributed by atoms with Crippen molar-refractivity contribution in [3.8, 4) is 0 Å². The summed E-state index contributed by atoms with van der Waals surface area (Å²) in [6.07, 6.45) is -2.80. The van der Waals surface area contributed by atoms with Gasteiger partial charge in [-0.2, -0.15) is 13.2 Å². The third kappa shape index (κ3) is 4.47. The van der Waals surface area contributed by atoms with E-state index < -0.39 is 12.8 Å². The fourth-order valence-electron chi connectivity index (χ4n) is 0.907. The normalized spacial score (nSPS) is 11.6. The van der Waals surface area contributed by atoms with E-state index in [0.29, 0.717) is 5.82 Å². The van der Waals surface area contributed by atoms with Crippen molar-refractivity contribution in [3.05, 3.63) is 15.6 Å². The molecule has 90 valence electrons. The molecule has 0 spiro atoms. The molecule has 1 rings (SSSR count). The Bertz CT molecular complexity index is 359. The second kappa shape index (κ2) is 5.62. The predicted octanol–water partition coefficient (Wildman–Crippen LogP) is 2.20. The maximum atomic E-state index is 11.8. The van der Waals surface area contributed by atoms with Gasteiger partial charge < -0.3 is 10.1 Å². The lowest BCUT2D eigenvalue weighted by molar-refractivity contribution is -0.177. The standard InChI is InChI=1S/C8H9F3IN3O/c1-13-7-5(12)2-14-6(15-7)3-16-4-8(9,10)11/h2H,3-4H2,1H3,(H,13,14,15). The SMILES string of the molecule is CNc1nc(COCC(F)(F)F)ncc1I. The van der Waals surface area contributed by atoms with E-state index >= 15 is 0 Å². The molecule has 0 saturated heterocycles. The summed E-state index contributed by atoms with van der Waals surface area (Å²) in [5, 5.41) is 2.81. The van der Waals surface area contributed by atoms with Gasteiger partial charge in [0.15, 0.2) is 5.82 Å². The Balaban J connectivity index is 2.55. The fraction of sp³-hybridized carbons (Fsp3) is 0.500. The van der Waals surface area contributed by atoms with E-state index in [1.165, 1.54) is 6.20 Å². The highest BCUT2D eigenvalue weighted by Crippen LogP contribution is 2.16. The van der Waals surface area contributed by atoms with Crippen molar-refractivity contribution in [1.82, 2.24) is 9.97 Å². The second-order valence-electron chi connectivity index (χ2n) is 2.84. The minimum Gasteiger partial charge on any atom is -0.372 e. The molecule has 8 heteroatoms. The molecule has 0 fully saturated rings. The molecule has 0 bridgehead atoms. The van der Waals surface area contributed by atoms with Gasteiger partial charge in [-0.3, -0.25) is 0 Å². The number of nitrogens with zero attached hydrogens (tertiary/aromatic N) is 2. The number of alkyl halides is 3. The highest BCUT2D eigenvalue weighted by Gasteiger charge is 2.27. The number of anilines is 1. The first-order chi connectivity index (χ1) is 7.42. The van der Waals surface area contributed by atoms with Crippen LogP contribution in [-0.2, 0) is 11.3 Å². The van der Waals surface area contributed by atoms with Gasteiger partial charge in [0.25, 0.3) is 0 Å². The van der Waals surface area contributed by atoms with Crippen molar-refractivity contribution in [3.63, 3.8) is 0 Å². The number of hydrogen-bond donors (Lipinski definition) is 1. The van der Waals surface area contributed by atoms with Crippen LogP contribution >= 0.6 is 22.6 Å². The number of hydrogen-bond acceptors (Lipinski definition) is 4. The molecule has 1 heterocycles. The minimum absolute atomic E-state index is 0.217. The molecule has 0 radical (unpaired) electrons. The molecule has 1 aromatic heterocycles. The van der Waals surface area contributed by atoms with Crippen LogP contribution in [0.1, 0.15) is 5.82 Å². The molecule has 0 aliphatic rings. The quantitative estimate of drug-likeness (QED) is 0.849. The summed E-state index contributed by atoms with van der Waals surface area (Å²) in [6.45, 7) is -1.55. The van der Waals surface area contributed by atoms with Gasteiger partial charge in [-0.1, -0.05) is 0 Å². The number of ether oxygens (including phenoxy) is 1. The van der Waals surface area contributed by atoms with Crippen LogP contribution in [0.5, 0.6) is 0 Å². The van der Waals surface area contributed by atoms with E-state index in [-0.39, 0.29) is 12.4 Å². The van der Waals surface area contributed by atoms with Crippen LogP contribution in [-0.4, -0.2) is 29.8 Å². The van der Waals surface area contributed by atoms with Crippen LogP contribution in [0.3, 0.4) is 0 Å². The summed E-state index contributed by atoms with van der Waals surface area (Å²) in [4.78, 5) is 7.84. The Hall–Kier alpha value is -0.640. The molecule has 4 nitrogen and oxygen atoms in total. The third-order valence-corrected chi connectivity index (χ3v) is 2.32. The Kier molecular flexibility index (Phi) is 4.71. The zero-order valence-corrected chi connectivity index (χ0v) is 10.5. The van der Waals surface area contributed by atoms with Gasteiger partial charge in [0.2, 0.25) is 0 Å². The third-order valence-electron chi connectivity index (χ3n) is 1.53. The van der Waals surface area contributed by atoms with E-state index in [2.05, 4.69) is 20.0 Å². The van der Waals surface area contributed by atoms with Gasteiger partial charge in [-0.15, -0.1) is 0 Å². The summed E-state index contributed by atoms with van der Waals surface area (Å²) in [5.74, 6) is 0.787. The zero-order valence-electron chi connectivity index (χ0n) is 8.31. The van der Waals surface area contributed by atoms with Crippen LogP contribution in [0.15, 0.2) is 6.20 Å². The van der Waals surface area contributed by atoms with Gasteiger partial charge >= 0.3 is 6.18 Å². The highest BCUT2D eigenvalue weighted by molar-refractivity contribution is 14.1. The molecule has 0 atom stereocenters. The van der Waals surface area contributed by atoms with E-state index in [0.717, 1.165) is 3.57 Å². The van der Waals surface area contributed by atoms with E-state index in [1.807, 2.05) is 22.6 Å². The molecule has 1 aromatic rings. The first-order valence-electron chi connectivity index (χ1n) is 4.26. The minimum atomic E-state index is -4.32. The Labute approximate surface area is 104 Å². The van der Waals surface area contributed by atoms with Gasteiger partial charge in [0, 0.05) is 13.2 Å². The van der Waals surface area contributed by atoms with E-state index in [1.54, 1.807) is 7.05 Å². The molecule has 16 heavy (non-hydrogen) atoms. The van der Waals surface area contributed by atoms with Crippen LogP contribution in [0.25, 0.3) is 0 Å². The average Bonchev–Trinajstić information content (AvgIpc) is 2.18. The summed E-state index contributed by atoms with van der Waals surface area (Å²) >= 11 is 2.02. The zero-order chi connectivity index (χ0) is 12.2. The summed E-state index contributed by atoms with van der Waals surface area (Å²) < 4.78 is 40.6. The van der Waals surface area contributed by atoms with Crippen molar-refractivity contribution in [2.45, 2.75) is 12.8 Å². The van der Waals surface area contributed by atoms with Crippen molar-refractivity contribution in [2.75, 3.05) is 19.0 Å². The molecule has 0 aromatic carbocycles. The molecular formula is C8H9F3IN3O. The largest absolute Gasteiger partial charge is 0.411 e. The summed E-state index contributed by atoms with van der Waals surface area (Å²) in [5.41, 5.74) is 0. The van der Waals surface area contributed by atoms with Gasteiger partial charge in [-0.05, 0) is 22.6 Å².